The van der Waals surface area contributed by atoms with Crippen molar-refractivity contribution in [3.63, 3.8) is 0 Å². The molecule has 0 spiro atoms. The van der Waals surface area contributed by atoms with Gasteiger partial charge in [-0.15, -0.1) is 6.58 Å². The first-order chi connectivity index (χ1) is 12.6. The Morgan fingerprint density at radius 3 is 2.92 bits per heavy atom. The first kappa shape index (κ1) is 18.9. The summed E-state index contributed by atoms with van der Waals surface area (Å²) >= 11 is 0. The summed E-state index contributed by atoms with van der Waals surface area (Å²) in [5.74, 6) is 2.08. The number of benzene rings is 1. The van der Waals surface area contributed by atoms with Crippen molar-refractivity contribution in [2.75, 3.05) is 20.2 Å². The van der Waals surface area contributed by atoms with Crippen molar-refractivity contribution in [3.8, 4) is 5.75 Å². The summed E-state index contributed by atoms with van der Waals surface area (Å²) in [5, 5.41) is 1.09. The summed E-state index contributed by atoms with van der Waals surface area (Å²) in [7, 11) is 1.69. The highest BCUT2D eigenvalue weighted by Gasteiger charge is 2.31. The standard InChI is InChI=1S/C22H31N3O/c1-5-16-14-25(12-10-15(16)3)21(6-2)22(23)18-9-11-24-20-8-7-17(26-4)13-19(18)20/h5,7-9,11,13,15-16,21-22H,1,6,10,12,14,23H2,2-4H3. The van der Waals surface area contributed by atoms with Crippen LogP contribution in [0.4, 0.5) is 0 Å². The molecule has 140 valence electrons. The zero-order chi connectivity index (χ0) is 18.7. The Bertz CT molecular complexity index is 760. The molecule has 2 aromatic rings. The Morgan fingerprint density at radius 2 is 2.23 bits per heavy atom. The van der Waals surface area contributed by atoms with Crippen molar-refractivity contribution in [1.82, 2.24) is 9.88 Å². The minimum Gasteiger partial charge on any atom is -0.497 e. The van der Waals surface area contributed by atoms with Crippen LogP contribution in [-0.4, -0.2) is 36.1 Å². The number of aromatic nitrogens is 1. The molecule has 4 atom stereocenters. The molecule has 4 nitrogen and oxygen atoms in total. The quantitative estimate of drug-likeness (QED) is 0.792. The van der Waals surface area contributed by atoms with E-state index in [4.69, 9.17) is 10.5 Å². The Hall–Kier alpha value is -1.91. The molecule has 1 aliphatic rings. The molecule has 2 N–H and O–H groups in total. The lowest BCUT2D eigenvalue weighted by Crippen LogP contribution is -2.49. The van der Waals surface area contributed by atoms with Crippen LogP contribution in [0.15, 0.2) is 43.1 Å². The molecule has 0 saturated carbocycles. The van der Waals surface area contributed by atoms with Gasteiger partial charge in [0.05, 0.1) is 12.6 Å². The fourth-order valence-corrected chi connectivity index (χ4v) is 4.24. The summed E-state index contributed by atoms with van der Waals surface area (Å²) in [6.45, 7) is 10.7. The van der Waals surface area contributed by atoms with E-state index in [9.17, 15) is 0 Å². The summed E-state index contributed by atoms with van der Waals surface area (Å²) in [6.07, 6.45) is 6.20. The summed E-state index contributed by atoms with van der Waals surface area (Å²) in [4.78, 5) is 7.05. The number of fused-ring (bicyclic) bond motifs is 1. The first-order valence-electron chi connectivity index (χ1n) is 9.63. The second kappa shape index (κ2) is 8.19. The summed E-state index contributed by atoms with van der Waals surface area (Å²) in [6, 6.07) is 8.31. The van der Waals surface area contributed by atoms with Gasteiger partial charge in [0.2, 0.25) is 0 Å². The van der Waals surface area contributed by atoms with Crippen LogP contribution in [0.5, 0.6) is 5.75 Å². The lowest BCUT2D eigenvalue weighted by atomic mass is 9.84. The van der Waals surface area contributed by atoms with Gasteiger partial charge in [0.1, 0.15) is 5.75 Å². The van der Waals surface area contributed by atoms with Gasteiger partial charge >= 0.3 is 0 Å². The maximum Gasteiger partial charge on any atom is 0.119 e. The SMILES string of the molecule is C=CC1CN(C(CC)C(N)c2ccnc3ccc(OC)cc23)CCC1C. The van der Waals surface area contributed by atoms with Crippen molar-refractivity contribution in [2.45, 2.75) is 38.8 Å². The molecule has 0 bridgehead atoms. The number of nitrogens with two attached hydrogens (primary N) is 1. The molecule has 26 heavy (non-hydrogen) atoms. The molecule has 0 amide bonds. The second-order valence-electron chi connectivity index (χ2n) is 7.45. The third-order valence-electron chi connectivity index (χ3n) is 5.99. The minimum atomic E-state index is -0.0588. The zero-order valence-electron chi connectivity index (χ0n) is 16.2. The van der Waals surface area contributed by atoms with Crippen LogP contribution in [0.3, 0.4) is 0 Å². The third-order valence-corrected chi connectivity index (χ3v) is 5.99. The van der Waals surface area contributed by atoms with Gasteiger partial charge in [-0.25, -0.2) is 0 Å². The lowest BCUT2D eigenvalue weighted by molar-refractivity contribution is 0.0909. The fourth-order valence-electron chi connectivity index (χ4n) is 4.24. The Balaban J connectivity index is 1.92. The largest absolute Gasteiger partial charge is 0.497 e. The monoisotopic (exact) mass is 353 g/mol. The zero-order valence-corrected chi connectivity index (χ0v) is 16.2. The number of hydrogen-bond donors (Lipinski definition) is 1. The minimum absolute atomic E-state index is 0.0588. The number of likely N-dealkylation sites (tertiary alicyclic amines) is 1. The van der Waals surface area contributed by atoms with E-state index in [1.54, 1.807) is 7.11 Å². The molecular weight excluding hydrogens is 322 g/mol. The first-order valence-corrected chi connectivity index (χ1v) is 9.63. The molecule has 1 fully saturated rings. The topological polar surface area (TPSA) is 51.4 Å². The highest BCUT2D eigenvalue weighted by atomic mass is 16.5. The lowest BCUT2D eigenvalue weighted by Gasteiger charge is -2.42. The van der Waals surface area contributed by atoms with Gasteiger partial charge in [-0.05, 0) is 61.1 Å². The van der Waals surface area contributed by atoms with E-state index in [2.05, 4.69) is 48.5 Å². The van der Waals surface area contributed by atoms with E-state index in [-0.39, 0.29) is 6.04 Å². The highest BCUT2D eigenvalue weighted by Crippen LogP contribution is 2.33. The van der Waals surface area contributed by atoms with Crippen molar-refractivity contribution in [1.29, 1.82) is 0 Å². The van der Waals surface area contributed by atoms with Gasteiger partial charge in [0.15, 0.2) is 0 Å². The molecule has 1 saturated heterocycles. The van der Waals surface area contributed by atoms with Crippen molar-refractivity contribution in [2.24, 2.45) is 17.6 Å². The predicted octanol–water partition coefficient (Wildman–Crippen LogP) is 4.17. The van der Waals surface area contributed by atoms with E-state index < -0.39 is 0 Å². The molecule has 3 rings (SSSR count). The average Bonchev–Trinajstić information content (AvgIpc) is 2.68. The fraction of sp³-hybridized carbons (Fsp3) is 0.500. The Kier molecular flexibility index (Phi) is 5.94. The number of rotatable bonds is 6. The van der Waals surface area contributed by atoms with Crippen molar-refractivity contribution in [3.05, 3.63) is 48.7 Å². The van der Waals surface area contributed by atoms with Gasteiger partial charge in [-0.2, -0.15) is 0 Å². The van der Waals surface area contributed by atoms with Crippen LogP contribution in [0.1, 0.15) is 38.3 Å². The van der Waals surface area contributed by atoms with E-state index in [1.165, 1.54) is 6.42 Å². The summed E-state index contributed by atoms with van der Waals surface area (Å²) in [5.41, 5.74) is 8.93. The van der Waals surface area contributed by atoms with E-state index in [0.29, 0.717) is 17.9 Å². The normalized spacial score (nSPS) is 23.5. The molecule has 0 aliphatic carbocycles. The second-order valence-corrected chi connectivity index (χ2v) is 7.45. The Morgan fingerprint density at radius 1 is 1.42 bits per heavy atom. The van der Waals surface area contributed by atoms with E-state index >= 15 is 0 Å². The molecule has 1 aliphatic heterocycles. The molecular formula is C22H31N3O. The van der Waals surface area contributed by atoms with Crippen LogP contribution in [0.25, 0.3) is 10.9 Å². The van der Waals surface area contributed by atoms with Crippen LogP contribution < -0.4 is 10.5 Å². The van der Waals surface area contributed by atoms with E-state index in [0.717, 1.165) is 41.7 Å². The van der Waals surface area contributed by atoms with Crippen LogP contribution in [-0.2, 0) is 0 Å². The molecule has 1 aromatic carbocycles. The van der Waals surface area contributed by atoms with Gasteiger partial charge in [0.25, 0.3) is 0 Å². The van der Waals surface area contributed by atoms with E-state index in [1.807, 2.05) is 18.3 Å². The van der Waals surface area contributed by atoms with Gasteiger partial charge in [-0.1, -0.05) is 19.9 Å². The highest BCUT2D eigenvalue weighted by molar-refractivity contribution is 5.84. The average molecular weight is 354 g/mol. The van der Waals surface area contributed by atoms with Crippen molar-refractivity contribution < 1.29 is 4.74 Å². The number of nitrogens with zero attached hydrogens (tertiary/aromatic N) is 2. The van der Waals surface area contributed by atoms with Gasteiger partial charge < -0.3 is 10.5 Å². The number of methoxy groups -OCH3 is 1. The predicted molar refractivity (Wildman–Crippen MR) is 108 cm³/mol. The molecule has 0 radical (unpaired) electrons. The van der Waals surface area contributed by atoms with Crippen LogP contribution in [0.2, 0.25) is 0 Å². The molecule has 4 unspecified atom stereocenters. The van der Waals surface area contributed by atoms with Crippen molar-refractivity contribution >= 4 is 10.9 Å². The number of piperidine rings is 1. The van der Waals surface area contributed by atoms with Gasteiger partial charge in [-0.3, -0.25) is 9.88 Å². The number of ether oxygens (including phenoxy) is 1. The smallest absolute Gasteiger partial charge is 0.119 e. The molecule has 1 aromatic heterocycles. The molecule has 2 heterocycles. The third kappa shape index (κ3) is 3.62. The maximum absolute atomic E-state index is 6.82. The molecule has 4 heteroatoms. The van der Waals surface area contributed by atoms with Gasteiger partial charge in [0, 0.05) is 30.2 Å². The Labute approximate surface area is 157 Å². The van der Waals surface area contributed by atoms with Crippen LogP contribution >= 0.6 is 0 Å². The summed E-state index contributed by atoms with van der Waals surface area (Å²) < 4.78 is 5.41. The maximum atomic E-state index is 6.82. The number of hydrogen-bond acceptors (Lipinski definition) is 4. The van der Waals surface area contributed by atoms with Crippen LogP contribution in [0, 0.1) is 11.8 Å². The number of pyridine rings is 1.